The summed E-state index contributed by atoms with van der Waals surface area (Å²) in [6, 6.07) is 15.8. The largest absolute Gasteiger partial charge is 0.494 e. The van der Waals surface area contributed by atoms with E-state index in [1.807, 2.05) is 43.3 Å². The number of thiophene rings is 1. The molecule has 3 heterocycles. The zero-order valence-electron chi connectivity index (χ0n) is 17.6. The molecule has 0 spiro atoms. The number of nitrogens with one attached hydrogen (secondary N) is 2. The van der Waals surface area contributed by atoms with Crippen molar-refractivity contribution >= 4 is 45.9 Å². The van der Waals surface area contributed by atoms with Crippen LogP contribution in [-0.2, 0) is 4.79 Å². The maximum atomic E-state index is 11.9. The predicted octanol–water partition coefficient (Wildman–Crippen LogP) is 4.99. The predicted molar refractivity (Wildman–Crippen MR) is 129 cm³/mol. The molecule has 4 rings (SSSR count). The monoisotopic (exact) mass is 452 g/mol. The first-order valence-corrected chi connectivity index (χ1v) is 11.3. The quantitative estimate of drug-likeness (QED) is 0.514. The molecule has 1 amide bonds. The van der Waals surface area contributed by atoms with Crippen molar-refractivity contribution in [2.24, 2.45) is 0 Å². The van der Waals surface area contributed by atoms with E-state index in [1.165, 1.54) is 9.75 Å². The van der Waals surface area contributed by atoms with Gasteiger partial charge in [0, 0.05) is 34.1 Å². The summed E-state index contributed by atoms with van der Waals surface area (Å²) in [6.45, 7) is 3.92. The molecule has 6 nitrogen and oxygen atoms in total. The summed E-state index contributed by atoms with van der Waals surface area (Å²) in [6.07, 6.45) is 2.20. The molecule has 1 aromatic carbocycles. The summed E-state index contributed by atoms with van der Waals surface area (Å²) in [5.41, 5.74) is 2.46. The number of amides is 1. The first-order valence-electron chi connectivity index (χ1n) is 10.1. The Labute approximate surface area is 191 Å². The molecule has 8 heteroatoms. The molecule has 1 saturated heterocycles. The van der Waals surface area contributed by atoms with Crippen molar-refractivity contribution in [2.45, 2.75) is 32.4 Å². The lowest BCUT2D eigenvalue weighted by atomic mass is 10.0. The van der Waals surface area contributed by atoms with Gasteiger partial charge in [-0.25, -0.2) is 0 Å². The van der Waals surface area contributed by atoms with Crippen LogP contribution in [0.3, 0.4) is 0 Å². The Kier molecular flexibility index (Phi) is 6.20. The van der Waals surface area contributed by atoms with Crippen LogP contribution in [0.2, 0.25) is 0 Å². The topological polar surface area (TPSA) is 66.5 Å². The van der Waals surface area contributed by atoms with Crippen molar-refractivity contribution in [1.82, 2.24) is 10.3 Å². The van der Waals surface area contributed by atoms with Crippen LogP contribution in [0.15, 0.2) is 54.7 Å². The van der Waals surface area contributed by atoms with Crippen molar-refractivity contribution in [3.05, 3.63) is 70.2 Å². The van der Waals surface area contributed by atoms with E-state index in [9.17, 15) is 4.79 Å². The zero-order valence-corrected chi connectivity index (χ0v) is 19.2. The van der Waals surface area contributed by atoms with Gasteiger partial charge >= 0.3 is 0 Å². The highest BCUT2D eigenvalue weighted by molar-refractivity contribution is 7.80. The maximum Gasteiger partial charge on any atom is 0.224 e. The van der Waals surface area contributed by atoms with Crippen LogP contribution in [0.4, 0.5) is 11.4 Å². The van der Waals surface area contributed by atoms with E-state index in [0.717, 1.165) is 11.4 Å². The minimum Gasteiger partial charge on any atom is -0.494 e. The number of anilines is 2. The molecule has 1 aliphatic heterocycles. The standard InChI is InChI=1S/C23H24N4O2S2/c1-4-20(28)25-16-10-9-15(13-18(16)29-3)27-22(19-11-8-14(2)31-19)21(26-23(27)30)17-7-5-6-12-24-17/h5-13,21-22H,4H2,1-3H3,(H,25,28)(H,26,30)/t21-,22-/m0/s1. The third-order valence-corrected chi connectivity index (χ3v) is 6.60. The summed E-state index contributed by atoms with van der Waals surface area (Å²) in [4.78, 5) is 21.0. The molecular formula is C23H24N4O2S2. The molecule has 0 bridgehead atoms. The average molecular weight is 453 g/mol. The first-order chi connectivity index (χ1) is 15.0. The fraction of sp³-hybridized carbons (Fsp3) is 0.261. The third kappa shape index (κ3) is 4.26. The number of benzene rings is 1. The molecule has 2 aromatic heterocycles. The van der Waals surface area contributed by atoms with Gasteiger partial charge in [-0.3, -0.25) is 9.78 Å². The van der Waals surface area contributed by atoms with Gasteiger partial charge in [-0.2, -0.15) is 0 Å². The number of methoxy groups -OCH3 is 1. The van der Waals surface area contributed by atoms with E-state index >= 15 is 0 Å². The number of hydrogen-bond donors (Lipinski definition) is 2. The fourth-order valence-electron chi connectivity index (χ4n) is 3.71. The number of pyridine rings is 1. The van der Waals surface area contributed by atoms with E-state index in [4.69, 9.17) is 17.0 Å². The van der Waals surface area contributed by atoms with E-state index in [0.29, 0.717) is 23.0 Å². The summed E-state index contributed by atoms with van der Waals surface area (Å²) in [7, 11) is 1.60. The smallest absolute Gasteiger partial charge is 0.224 e. The fourth-order valence-corrected chi connectivity index (χ4v) is 5.06. The van der Waals surface area contributed by atoms with Crippen LogP contribution < -0.4 is 20.3 Å². The molecule has 2 atom stereocenters. The Hall–Kier alpha value is -2.97. The van der Waals surface area contributed by atoms with Gasteiger partial charge in [-0.15, -0.1) is 11.3 Å². The highest BCUT2D eigenvalue weighted by atomic mass is 32.1. The van der Waals surface area contributed by atoms with Gasteiger partial charge in [-0.1, -0.05) is 13.0 Å². The Bertz CT molecular complexity index is 1100. The van der Waals surface area contributed by atoms with E-state index in [-0.39, 0.29) is 18.0 Å². The van der Waals surface area contributed by atoms with Crippen LogP contribution in [0, 0.1) is 6.92 Å². The lowest BCUT2D eigenvalue weighted by Crippen LogP contribution is -2.29. The molecule has 0 unspecified atom stereocenters. The summed E-state index contributed by atoms with van der Waals surface area (Å²) >= 11 is 7.52. The lowest BCUT2D eigenvalue weighted by Gasteiger charge is -2.27. The van der Waals surface area contributed by atoms with E-state index in [2.05, 4.69) is 39.6 Å². The molecule has 0 radical (unpaired) electrons. The Morgan fingerprint density at radius 3 is 2.77 bits per heavy atom. The summed E-state index contributed by atoms with van der Waals surface area (Å²) in [5.74, 6) is 0.524. The van der Waals surface area contributed by atoms with Gasteiger partial charge in [0.1, 0.15) is 5.75 Å². The number of carbonyl (C=O) groups is 1. The molecule has 160 valence electrons. The second kappa shape index (κ2) is 9.03. The van der Waals surface area contributed by atoms with Crippen LogP contribution >= 0.6 is 23.6 Å². The number of thiocarbonyl (C=S) groups is 1. The molecule has 3 aromatic rings. The molecule has 0 aliphatic carbocycles. The van der Waals surface area contributed by atoms with Crippen LogP contribution in [0.5, 0.6) is 5.75 Å². The van der Waals surface area contributed by atoms with Gasteiger partial charge in [0.05, 0.1) is 30.6 Å². The maximum absolute atomic E-state index is 11.9. The zero-order chi connectivity index (χ0) is 22.0. The normalized spacial score (nSPS) is 18.0. The van der Waals surface area contributed by atoms with Crippen molar-refractivity contribution in [3.8, 4) is 5.75 Å². The van der Waals surface area contributed by atoms with Crippen molar-refractivity contribution in [2.75, 3.05) is 17.3 Å². The minimum atomic E-state index is -0.0859. The van der Waals surface area contributed by atoms with E-state index in [1.54, 1.807) is 24.6 Å². The van der Waals surface area contributed by atoms with Gasteiger partial charge < -0.3 is 20.3 Å². The average Bonchev–Trinajstić information content (AvgIpc) is 3.37. The van der Waals surface area contributed by atoms with Crippen LogP contribution in [0.25, 0.3) is 0 Å². The van der Waals surface area contributed by atoms with Crippen LogP contribution in [0.1, 0.15) is 40.9 Å². The Balaban J connectivity index is 1.76. The highest BCUT2D eigenvalue weighted by Gasteiger charge is 2.41. The lowest BCUT2D eigenvalue weighted by molar-refractivity contribution is -0.115. The number of hydrogen-bond acceptors (Lipinski definition) is 5. The SMILES string of the molecule is CCC(=O)Nc1ccc(N2C(=S)N[C@@H](c3ccccn3)[C@@H]2c2ccc(C)s2)cc1OC. The van der Waals surface area contributed by atoms with Gasteiger partial charge in [0.15, 0.2) is 5.11 Å². The van der Waals surface area contributed by atoms with Gasteiger partial charge in [0.25, 0.3) is 0 Å². The molecule has 31 heavy (non-hydrogen) atoms. The summed E-state index contributed by atoms with van der Waals surface area (Å²) < 4.78 is 5.57. The Morgan fingerprint density at radius 2 is 2.13 bits per heavy atom. The van der Waals surface area contributed by atoms with Crippen molar-refractivity contribution in [1.29, 1.82) is 0 Å². The molecule has 0 saturated carbocycles. The van der Waals surface area contributed by atoms with Gasteiger partial charge in [-0.05, 0) is 55.5 Å². The number of carbonyl (C=O) groups excluding carboxylic acids is 1. The number of aryl methyl sites for hydroxylation is 1. The van der Waals surface area contributed by atoms with E-state index < -0.39 is 0 Å². The van der Waals surface area contributed by atoms with Crippen molar-refractivity contribution < 1.29 is 9.53 Å². The number of rotatable bonds is 6. The third-order valence-electron chi connectivity index (χ3n) is 5.21. The minimum absolute atomic E-state index is 0.0538. The molecular weight excluding hydrogens is 428 g/mol. The Morgan fingerprint density at radius 1 is 1.29 bits per heavy atom. The molecule has 2 N–H and O–H groups in total. The molecule has 1 aliphatic rings. The summed E-state index contributed by atoms with van der Waals surface area (Å²) in [5, 5.41) is 6.97. The number of ether oxygens (including phenoxy) is 1. The second-order valence-corrected chi connectivity index (χ2v) is 8.94. The number of aromatic nitrogens is 1. The first kappa shape index (κ1) is 21.3. The highest BCUT2D eigenvalue weighted by Crippen LogP contribution is 2.44. The molecule has 1 fully saturated rings. The second-order valence-electron chi connectivity index (χ2n) is 7.23. The number of nitrogens with zero attached hydrogens (tertiary/aromatic N) is 2. The van der Waals surface area contributed by atoms with Crippen molar-refractivity contribution in [3.63, 3.8) is 0 Å². The van der Waals surface area contributed by atoms with Crippen LogP contribution in [-0.4, -0.2) is 23.1 Å². The van der Waals surface area contributed by atoms with Gasteiger partial charge in [0.2, 0.25) is 5.91 Å².